The van der Waals surface area contributed by atoms with E-state index in [4.69, 9.17) is 14.2 Å². The average molecular weight is 413 g/mol. The molecule has 1 aromatic heterocycles. The van der Waals surface area contributed by atoms with Crippen molar-refractivity contribution in [3.05, 3.63) is 58.0 Å². The van der Waals surface area contributed by atoms with Crippen LogP contribution < -0.4 is 19.5 Å². The zero-order valence-corrected chi connectivity index (χ0v) is 17.1. The standard InChI is InChI=1S/C22H20FNO4S/c1-26-17-8-12(9-18(27-2)21(17)28-3)14-10-19(25)24-20-15(11-29-22(14)20)13-6-4-5-7-16(13)23/h4-9,11,14H,10H2,1-3H3,(H,24,25). The number of thiophene rings is 1. The van der Waals surface area contributed by atoms with Crippen LogP contribution >= 0.6 is 11.3 Å². The molecule has 0 bridgehead atoms. The first-order valence-electron chi connectivity index (χ1n) is 9.03. The second kappa shape index (κ2) is 7.75. The van der Waals surface area contributed by atoms with Crippen molar-refractivity contribution in [1.82, 2.24) is 0 Å². The van der Waals surface area contributed by atoms with Gasteiger partial charge in [-0.1, -0.05) is 18.2 Å². The Hall–Kier alpha value is -3.06. The molecule has 0 saturated carbocycles. The van der Waals surface area contributed by atoms with E-state index in [9.17, 15) is 9.18 Å². The zero-order valence-electron chi connectivity index (χ0n) is 16.2. The number of amides is 1. The molecule has 0 saturated heterocycles. The molecule has 1 N–H and O–H groups in total. The molecule has 4 rings (SSSR count). The molecule has 29 heavy (non-hydrogen) atoms. The normalized spacial score (nSPS) is 15.4. The Balaban J connectivity index is 1.85. The molecular formula is C22H20FNO4S. The summed E-state index contributed by atoms with van der Waals surface area (Å²) in [6.45, 7) is 0. The number of fused-ring (bicyclic) bond motifs is 1. The van der Waals surface area contributed by atoms with Crippen molar-refractivity contribution in [2.45, 2.75) is 12.3 Å². The summed E-state index contributed by atoms with van der Waals surface area (Å²) in [5.74, 6) is 0.917. The zero-order chi connectivity index (χ0) is 20.5. The lowest BCUT2D eigenvalue weighted by Crippen LogP contribution is -2.22. The summed E-state index contributed by atoms with van der Waals surface area (Å²) < 4.78 is 30.7. The van der Waals surface area contributed by atoms with E-state index in [2.05, 4.69) is 5.32 Å². The molecule has 1 amide bonds. The molecular weight excluding hydrogens is 393 g/mol. The molecule has 1 aliphatic rings. The number of methoxy groups -OCH3 is 3. The Morgan fingerprint density at radius 3 is 2.34 bits per heavy atom. The molecule has 2 aromatic carbocycles. The number of hydrogen-bond donors (Lipinski definition) is 1. The Morgan fingerprint density at radius 1 is 1.03 bits per heavy atom. The van der Waals surface area contributed by atoms with Gasteiger partial charge in [-0.15, -0.1) is 11.3 Å². The molecule has 0 spiro atoms. The van der Waals surface area contributed by atoms with E-state index in [0.717, 1.165) is 10.4 Å². The van der Waals surface area contributed by atoms with E-state index in [1.807, 2.05) is 17.5 Å². The highest BCUT2D eigenvalue weighted by Crippen LogP contribution is 2.49. The highest BCUT2D eigenvalue weighted by atomic mass is 32.1. The molecule has 0 aliphatic carbocycles. The first-order valence-corrected chi connectivity index (χ1v) is 9.91. The number of halogens is 1. The maximum absolute atomic E-state index is 14.4. The van der Waals surface area contributed by atoms with Crippen molar-refractivity contribution in [2.75, 3.05) is 26.6 Å². The molecule has 1 aliphatic heterocycles. The first-order chi connectivity index (χ1) is 14.1. The maximum Gasteiger partial charge on any atom is 0.225 e. The van der Waals surface area contributed by atoms with Gasteiger partial charge in [-0.3, -0.25) is 4.79 Å². The minimum atomic E-state index is -0.322. The number of carbonyl (C=O) groups is 1. The van der Waals surface area contributed by atoms with E-state index in [1.165, 1.54) is 17.4 Å². The lowest BCUT2D eigenvalue weighted by Gasteiger charge is -2.25. The number of anilines is 1. The van der Waals surface area contributed by atoms with Gasteiger partial charge in [-0.05, 0) is 23.8 Å². The van der Waals surface area contributed by atoms with Crippen LogP contribution in [-0.2, 0) is 4.79 Å². The van der Waals surface area contributed by atoms with Gasteiger partial charge in [0.2, 0.25) is 11.7 Å². The molecule has 1 unspecified atom stereocenters. The van der Waals surface area contributed by atoms with Crippen LogP contribution in [0, 0.1) is 5.82 Å². The number of hydrogen-bond acceptors (Lipinski definition) is 5. The summed E-state index contributed by atoms with van der Waals surface area (Å²) in [4.78, 5) is 13.5. The summed E-state index contributed by atoms with van der Waals surface area (Å²) in [7, 11) is 4.66. The van der Waals surface area contributed by atoms with E-state index in [1.54, 1.807) is 39.5 Å². The fraction of sp³-hybridized carbons (Fsp3) is 0.227. The average Bonchev–Trinajstić information content (AvgIpc) is 3.15. The third-order valence-electron chi connectivity index (χ3n) is 5.04. The van der Waals surface area contributed by atoms with E-state index < -0.39 is 0 Å². The van der Waals surface area contributed by atoms with Gasteiger partial charge in [0.1, 0.15) is 5.82 Å². The Kier molecular flexibility index (Phi) is 5.15. The van der Waals surface area contributed by atoms with E-state index >= 15 is 0 Å². The van der Waals surface area contributed by atoms with Gasteiger partial charge < -0.3 is 19.5 Å². The third kappa shape index (κ3) is 3.31. The van der Waals surface area contributed by atoms with Gasteiger partial charge in [0.15, 0.2) is 11.5 Å². The first kappa shape index (κ1) is 19.3. The molecule has 0 fully saturated rings. The van der Waals surface area contributed by atoms with Crippen molar-refractivity contribution in [1.29, 1.82) is 0 Å². The van der Waals surface area contributed by atoms with Crippen LogP contribution in [0.15, 0.2) is 41.8 Å². The highest BCUT2D eigenvalue weighted by molar-refractivity contribution is 7.11. The molecule has 0 radical (unpaired) electrons. The molecule has 150 valence electrons. The number of nitrogens with one attached hydrogen (secondary N) is 1. The maximum atomic E-state index is 14.4. The predicted octanol–water partition coefficient (Wildman–Crippen LogP) is 5.05. The smallest absolute Gasteiger partial charge is 0.225 e. The van der Waals surface area contributed by atoms with Gasteiger partial charge in [0.25, 0.3) is 0 Å². The van der Waals surface area contributed by atoms with Crippen LogP contribution in [-0.4, -0.2) is 27.2 Å². The van der Waals surface area contributed by atoms with Crippen molar-refractivity contribution in [3.8, 4) is 28.4 Å². The number of carbonyl (C=O) groups excluding carboxylic acids is 1. The lowest BCUT2D eigenvalue weighted by molar-refractivity contribution is -0.116. The highest BCUT2D eigenvalue weighted by Gasteiger charge is 2.32. The summed E-state index contributed by atoms with van der Waals surface area (Å²) in [5.41, 5.74) is 2.69. The van der Waals surface area contributed by atoms with Gasteiger partial charge in [0, 0.05) is 33.7 Å². The largest absolute Gasteiger partial charge is 0.493 e. The van der Waals surface area contributed by atoms with E-state index in [-0.39, 0.29) is 24.1 Å². The third-order valence-corrected chi connectivity index (χ3v) is 6.14. The molecule has 7 heteroatoms. The summed E-state index contributed by atoms with van der Waals surface area (Å²) >= 11 is 1.50. The molecule has 2 heterocycles. The summed E-state index contributed by atoms with van der Waals surface area (Å²) in [6, 6.07) is 10.3. The summed E-state index contributed by atoms with van der Waals surface area (Å²) in [6.07, 6.45) is 0.281. The Morgan fingerprint density at radius 2 is 1.72 bits per heavy atom. The van der Waals surface area contributed by atoms with Crippen LogP contribution in [0.5, 0.6) is 17.2 Å². The number of benzene rings is 2. The van der Waals surface area contributed by atoms with Crippen molar-refractivity contribution in [3.63, 3.8) is 0 Å². The Labute approximate surface area is 172 Å². The monoisotopic (exact) mass is 413 g/mol. The van der Waals surface area contributed by atoms with Crippen molar-refractivity contribution >= 4 is 22.9 Å². The molecule has 3 aromatic rings. The number of ether oxygens (including phenoxy) is 3. The molecule has 5 nitrogen and oxygen atoms in total. The van der Waals surface area contributed by atoms with Gasteiger partial charge in [0.05, 0.1) is 27.0 Å². The molecule has 1 atom stereocenters. The van der Waals surface area contributed by atoms with Crippen LogP contribution in [0.3, 0.4) is 0 Å². The van der Waals surface area contributed by atoms with Gasteiger partial charge >= 0.3 is 0 Å². The number of rotatable bonds is 5. The topological polar surface area (TPSA) is 56.8 Å². The van der Waals surface area contributed by atoms with Crippen LogP contribution in [0.1, 0.15) is 22.8 Å². The van der Waals surface area contributed by atoms with Gasteiger partial charge in [-0.2, -0.15) is 0 Å². The Bertz CT molecular complexity index is 1050. The second-order valence-corrected chi connectivity index (χ2v) is 7.54. The fourth-order valence-electron chi connectivity index (χ4n) is 3.68. The predicted molar refractivity (Wildman–Crippen MR) is 111 cm³/mol. The van der Waals surface area contributed by atoms with Crippen molar-refractivity contribution in [2.24, 2.45) is 0 Å². The lowest BCUT2D eigenvalue weighted by atomic mass is 9.88. The van der Waals surface area contributed by atoms with Crippen LogP contribution in [0.2, 0.25) is 0 Å². The SMILES string of the molecule is COc1cc(C2CC(=O)Nc3c(-c4ccccc4F)csc32)cc(OC)c1OC. The summed E-state index contributed by atoms with van der Waals surface area (Å²) in [5, 5.41) is 4.82. The fourth-order valence-corrected chi connectivity index (χ4v) is 4.83. The van der Waals surface area contributed by atoms with E-state index in [0.29, 0.717) is 34.1 Å². The van der Waals surface area contributed by atoms with Crippen LogP contribution in [0.25, 0.3) is 11.1 Å². The van der Waals surface area contributed by atoms with Gasteiger partial charge in [-0.25, -0.2) is 4.39 Å². The minimum absolute atomic E-state index is 0.118. The quantitative estimate of drug-likeness (QED) is 0.636. The minimum Gasteiger partial charge on any atom is -0.493 e. The van der Waals surface area contributed by atoms with Crippen LogP contribution in [0.4, 0.5) is 10.1 Å². The van der Waals surface area contributed by atoms with Crippen molar-refractivity contribution < 1.29 is 23.4 Å². The second-order valence-electron chi connectivity index (χ2n) is 6.63.